The SMILES string of the molecule is CC(C)(C)N1C(=O)Cc2ccc(Oc3c(Cl)cc(N4N=C(C#N)C(=O)CC4=O)cc3Cl)cc21. The molecule has 0 spiro atoms. The van der Waals surface area contributed by atoms with Crippen LogP contribution in [0.4, 0.5) is 11.4 Å². The van der Waals surface area contributed by atoms with Gasteiger partial charge in [0.05, 0.1) is 34.3 Å². The first kappa shape index (κ1) is 22.8. The lowest BCUT2D eigenvalue weighted by molar-refractivity contribution is -0.124. The van der Waals surface area contributed by atoms with Crippen molar-refractivity contribution in [3.05, 3.63) is 45.9 Å². The lowest BCUT2D eigenvalue weighted by Crippen LogP contribution is -2.43. The van der Waals surface area contributed by atoms with Gasteiger partial charge < -0.3 is 9.64 Å². The molecular formula is C23H18Cl2N4O4. The zero-order chi connectivity index (χ0) is 24.1. The van der Waals surface area contributed by atoms with Gasteiger partial charge in [0.1, 0.15) is 11.8 Å². The zero-order valence-corrected chi connectivity index (χ0v) is 19.5. The first-order valence-corrected chi connectivity index (χ1v) is 10.7. The number of benzene rings is 2. The van der Waals surface area contributed by atoms with E-state index in [1.807, 2.05) is 26.8 Å². The van der Waals surface area contributed by atoms with E-state index in [1.165, 1.54) is 12.1 Å². The summed E-state index contributed by atoms with van der Waals surface area (Å²) in [7, 11) is 0. The molecule has 0 aliphatic carbocycles. The minimum absolute atomic E-state index is 0.0111. The molecule has 0 unspecified atom stereocenters. The topological polar surface area (TPSA) is 103 Å². The normalized spacial score (nSPS) is 16.0. The van der Waals surface area contributed by atoms with Gasteiger partial charge in [0, 0.05) is 11.6 Å². The number of ether oxygens (including phenoxy) is 1. The number of ketones is 1. The molecule has 0 radical (unpaired) electrons. The summed E-state index contributed by atoms with van der Waals surface area (Å²) in [4.78, 5) is 38.2. The molecule has 0 atom stereocenters. The van der Waals surface area contributed by atoms with E-state index in [-0.39, 0.29) is 33.1 Å². The van der Waals surface area contributed by atoms with Crippen LogP contribution in [0.1, 0.15) is 32.8 Å². The Hall–Kier alpha value is -3.41. The number of amides is 2. The van der Waals surface area contributed by atoms with E-state index in [0.29, 0.717) is 12.2 Å². The number of hydrogen-bond donors (Lipinski definition) is 0. The second-order valence-corrected chi connectivity index (χ2v) is 9.39. The zero-order valence-electron chi connectivity index (χ0n) is 18.0. The summed E-state index contributed by atoms with van der Waals surface area (Å²) in [6.07, 6.45) is -0.154. The van der Waals surface area contributed by atoms with Crippen molar-refractivity contribution in [3.8, 4) is 17.6 Å². The summed E-state index contributed by atoms with van der Waals surface area (Å²) in [5.41, 5.74) is 1.08. The Bertz CT molecular complexity index is 1270. The number of fused-ring (bicyclic) bond motifs is 1. The maximum atomic E-state index is 12.5. The predicted molar refractivity (Wildman–Crippen MR) is 124 cm³/mol. The highest BCUT2D eigenvalue weighted by Gasteiger charge is 2.35. The van der Waals surface area contributed by atoms with Crippen molar-refractivity contribution in [2.45, 2.75) is 39.2 Å². The van der Waals surface area contributed by atoms with E-state index in [4.69, 9.17) is 33.2 Å². The molecule has 2 aromatic rings. The van der Waals surface area contributed by atoms with Gasteiger partial charge in [-0.1, -0.05) is 29.3 Å². The molecule has 8 nitrogen and oxygen atoms in total. The number of anilines is 2. The second-order valence-electron chi connectivity index (χ2n) is 8.57. The van der Waals surface area contributed by atoms with Crippen LogP contribution in [-0.4, -0.2) is 28.8 Å². The number of hydrazone groups is 1. The molecule has 4 rings (SSSR count). The fraction of sp³-hybridized carbons (Fsp3) is 0.261. The molecule has 168 valence electrons. The average molecular weight is 485 g/mol. The molecule has 0 saturated carbocycles. The second kappa shape index (κ2) is 8.18. The van der Waals surface area contributed by atoms with Crippen molar-refractivity contribution in [1.29, 1.82) is 5.26 Å². The number of hydrogen-bond acceptors (Lipinski definition) is 6. The van der Waals surface area contributed by atoms with E-state index in [9.17, 15) is 14.4 Å². The van der Waals surface area contributed by atoms with E-state index in [0.717, 1.165) is 16.3 Å². The Morgan fingerprint density at radius 2 is 1.70 bits per heavy atom. The molecule has 2 heterocycles. The van der Waals surface area contributed by atoms with Crippen LogP contribution in [0.3, 0.4) is 0 Å². The van der Waals surface area contributed by atoms with Gasteiger partial charge in [-0.15, -0.1) is 0 Å². The van der Waals surface area contributed by atoms with Crippen molar-refractivity contribution in [2.75, 3.05) is 9.91 Å². The number of nitrogens with zero attached hydrogens (tertiary/aromatic N) is 4. The van der Waals surface area contributed by atoms with Crippen LogP contribution in [0.25, 0.3) is 0 Å². The number of nitriles is 1. The Kier molecular flexibility index (Phi) is 5.64. The first-order chi connectivity index (χ1) is 15.5. The summed E-state index contributed by atoms with van der Waals surface area (Å²) in [5, 5.41) is 14.0. The number of rotatable bonds is 3. The van der Waals surface area contributed by atoms with Crippen LogP contribution in [0, 0.1) is 11.3 Å². The molecule has 10 heteroatoms. The number of halogens is 2. The van der Waals surface area contributed by atoms with Crippen LogP contribution in [0.2, 0.25) is 10.0 Å². The molecule has 2 aromatic carbocycles. The molecule has 33 heavy (non-hydrogen) atoms. The molecule has 0 bridgehead atoms. The molecule has 2 aliphatic heterocycles. The lowest BCUT2D eigenvalue weighted by Gasteiger charge is -2.32. The average Bonchev–Trinajstić information content (AvgIpc) is 3.06. The monoisotopic (exact) mass is 484 g/mol. The maximum absolute atomic E-state index is 12.5. The summed E-state index contributed by atoms with van der Waals surface area (Å²) in [6.45, 7) is 5.86. The van der Waals surface area contributed by atoms with Gasteiger partial charge in [-0.2, -0.15) is 15.4 Å². The number of carbonyl (C=O) groups is 3. The molecular weight excluding hydrogens is 467 g/mol. The van der Waals surface area contributed by atoms with Gasteiger partial charge in [0.25, 0.3) is 5.91 Å². The Morgan fingerprint density at radius 3 is 2.30 bits per heavy atom. The quantitative estimate of drug-likeness (QED) is 0.589. The van der Waals surface area contributed by atoms with Crippen LogP contribution < -0.4 is 14.6 Å². The highest BCUT2D eigenvalue weighted by molar-refractivity contribution is 6.50. The highest BCUT2D eigenvalue weighted by Crippen LogP contribution is 2.43. The van der Waals surface area contributed by atoms with Gasteiger partial charge in [-0.05, 0) is 44.5 Å². The van der Waals surface area contributed by atoms with Gasteiger partial charge in [0.15, 0.2) is 5.75 Å². The van der Waals surface area contributed by atoms with Crippen LogP contribution in [0.15, 0.2) is 35.4 Å². The Balaban J connectivity index is 1.67. The van der Waals surface area contributed by atoms with E-state index < -0.39 is 23.7 Å². The van der Waals surface area contributed by atoms with Crippen LogP contribution >= 0.6 is 23.2 Å². The van der Waals surface area contributed by atoms with Crippen molar-refractivity contribution in [2.24, 2.45) is 5.10 Å². The highest BCUT2D eigenvalue weighted by atomic mass is 35.5. The molecule has 2 amide bonds. The van der Waals surface area contributed by atoms with Crippen molar-refractivity contribution in [1.82, 2.24) is 0 Å². The third-order valence-electron chi connectivity index (χ3n) is 5.13. The van der Waals surface area contributed by atoms with E-state index in [2.05, 4.69) is 5.10 Å². The Labute approximate surface area is 199 Å². The van der Waals surface area contributed by atoms with Crippen molar-refractivity contribution < 1.29 is 19.1 Å². The lowest BCUT2D eigenvalue weighted by atomic mass is 10.1. The first-order valence-electron chi connectivity index (χ1n) is 9.97. The van der Waals surface area contributed by atoms with Gasteiger partial charge >= 0.3 is 0 Å². The van der Waals surface area contributed by atoms with Crippen molar-refractivity contribution in [3.63, 3.8) is 0 Å². The largest absolute Gasteiger partial charge is 0.454 e. The summed E-state index contributed by atoms with van der Waals surface area (Å²) in [6, 6.07) is 9.80. The molecule has 0 fully saturated rings. The molecule has 2 aliphatic rings. The Morgan fingerprint density at radius 1 is 1.03 bits per heavy atom. The van der Waals surface area contributed by atoms with Crippen LogP contribution in [-0.2, 0) is 20.8 Å². The summed E-state index contributed by atoms with van der Waals surface area (Å²) < 4.78 is 5.94. The van der Waals surface area contributed by atoms with Crippen LogP contribution in [0.5, 0.6) is 11.5 Å². The molecule has 0 N–H and O–H groups in total. The summed E-state index contributed by atoms with van der Waals surface area (Å²) >= 11 is 12.8. The van der Waals surface area contributed by atoms with E-state index >= 15 is 0 Å². The standard InChI is InChI=1S/C23H18Cl2N4O4/c1-23(2,3)28-18-9-14(5-4-12(18)6-20(28)31)33-22-15(24)7-13(8-16(22)25)29-21(32)10-19(30)17(11-26)27-29/h4-5,7-9H,6,10H2,1-3H3. The molecule has 0 aromatic heterocycles. The maximum Gasteiger partial charge on any atom is 0.255 e. The fourth-order valence-electron chi connectivity index (χ4n) is 3.75. The third-order valence-corrected chi connectivity index (χ3v) is 5.69. The minimum atomic E-state index is -0.643. The molecule has 0 saturated heterocycles. The minimum Gasteiger partial charge on any atom is -0.454 e. The van der Waals surface area contributed by atoms with Gasteiger partial charge in [0.2, 0.25) is 17.4 Å². The van der Waals surface area contributed by atoms with E-state index in [1.54, 1.807) is 23.1 Å². The predicted octanol–water partition coefficient (Wildman–Crippen LogP) is 4.66. The number of carbonyl (C=O) groups excluding carboxylic acids is 3. The smallest absolute Gasteiger partial charge is 0.255 e. The summed E-state index contributed by atoms with van der Waals surface area (Å²) in [5.74, 6) is -0.657. The fourth-order valence-corrected chi connectivity index (χ4v) is 4.31. The van der Waals surface area contributed by atoms with Gasteiger partial charge in [-0.3, -0.25) is 14.4 Å². The number of Topliss-reactive ketones (excluding diaryl/α,β-unsaturated/α-hetero) is 1. The third kappa shape index (κ3) is 4.17. The van der Waals surface area contributed by atoms with Gasteiger partial charge in [-0.25, -0.2) is 0 Å². The van der Waals surface area contributed by atoms with Crippen molar-refractivity contribution >= 4 is 57.9 Å².